The summed E-state index contributed by atoms with van der Waals surface area (Å²) in [6, 6.07) is 15.5. The SMILES string of the molecule is O=C(c1cccc(Cl)c1)N1C2CCC1CC(S(=O)(=O)c1ccccc1)C2. The van der Waals surface area contributed by atoms with Gasteiger partial charge in [0, 0.05) is 22.7 Å². The smallest absolute Gasteiger partial charge is 0.254 e. The molecule has 2 bridgehead atoms. The summed E-state index contributed by atoms with van der Waals surface area (Å²) >= 11 is 6.02. The summed E-state index contributed by atoms with van der Waals surface area (Å²) in [6.07, 6.45) is 2.72. The fourth-order valence-corrected chi connectivity index (χ4v) is 6.35. The lowest BCUT2D eigenvalue weighted by Crippen LogP contribution is -2.49. The van der Waals surface area contributed by atoms with Gasteiger partial charge in [0.05, 0.1) is 10.1 Å². The third-order valence-corrected chi connectivity index (χ3v) is 7.93. The van der Waals surface area contributed by atoms with Gasteiger partial charge in [-0.15, -0.1) is 0 Å². The van der Waals surface area contributed by atoms with Gasteiger partial charge in [0.15, 0.2) is 9.84 Å². The van der Waals surface area contributed by atoms with Crippen LogP contribution in [-0.4, -0.2) is 36.6 Å². The van der Waals surface area contributed by atoms with E-state index in [2.05, 4.69) is 0 Å². The Hall–Kier alpha value is -1.85. The second-order valence-electron chi connectivity index (χ2n) is 7.06. The molecule has 2 aromatic carbocycles. The van der Waals surface area contributed by atoms with Crippen molar-refractivity contribution in [3.63, 3.8) is 0 Å². The van der Waals surface area contributed by atoms with Gasteiger partial charge in [-0.05, 0) is 56.0 Å². The van der Waals surface area contributed by atoms with Crippen LogP contribution in [0, 0.1) is 0 Å². The van der Waals surface area contributed by atoms with Crippen LogP contribution >= 0.6 is 11.6 Å². The third kappa shape index (κ3) is 3.03. The fourth-order valence-electron chi connectivity index (χ4n) is 4.29. The Kier molecular flexibility index (Phi) is 4.53. The molecule has 0 aromatic heterocycles. The Morgan fingerprint density at radius 1 is 0.962 bits per heavy atom. The number of carbonyl (C=O) groups excluding carboxylic acids is 1. The number of sulfone groups is 1. The molecule has 2 aromatic rings. The van der Waals surface area contributed by atoms with Crippen LogP contribution in [0.1, 0.15) is 36.0 Å². The molecule has 2 atom stereocenters. The van der Waals surface area contributed by atoms with Crippen molar-refractivity contribution in [1.82, 2.24) is 4.90 Å². The third-order valence-electron chi connectivity index (χ3n) is 5.51. The van der Waals surface area contributed by atoms with Crippen molar-refractivity contribution in [2.24, 2.45) is 0 Å². The number of halogens is 1. The topological polar surface area (TPSA) is 54.5 Å². The molecule has 0 spiro atoms. The molecule has 2 heterocycles. The maximum Gasteiger partial charge on any atom is 0.254 e. The van der Waals surface area contributed by atoms with E-state index < -0.39 is 15.1 Å². The van der Waals surface area contributed by atoms with Crippen LogP contribution < -0.4 is 0 Å². The molecule has 2 saturated heterocycles. The molecule has 6 heteroatoms. The van der Waals surface area contributed by atoms with Gasteiger partial charge in [-0.3, -0.25) is 4.79 Å². The minimum atomic E-state index is -3.37. The number of fused-ring (bicyclic) bond motifs is 2. The summed E-state index contributed by atoms with van der Waals surface area (Å²) in [5, 5.41) is 0.107. The number of carbonyl (C=O) groups is 1. The zero-order valence-electron chi connectivity index (χ0n) is 14.2. The van der Waals surface area contributed by atoms with E-state index in [4.69, 9.17) is 11.6 Å². The van der Waals surface area contributed by atoms with Gasteiger partial charge in [0.25, 0.3) is 5.91 Å². The summed E-state index contributed by atoms with van der Waals surface area (Å²) in [5.74, 6) is -0.0458. The second kappa shape index (κ2) is 6.71. The molecule has 1 amide bonds. The first-order valence-corrected chi connectivity index (χ1v) is 10.8. The maximum atomic E-state index is 13.0. The van der Waals surface area contributed by atoms with Crippen LogP contribution in [0.2, 0.25) is 5.02 Å². The Labute approximate surface area is 158 Å². The molecule has 0 N–H and O–H groups in total. The number of benzene rings is 2. The van der Waals surface area contributed by atoms with Crippen LogP contribution in [0.25, 0.3) is 0 Å². The number of amides is 1. The summed E-state index contributed by atoms with van der Waals surface area (Å²) in [4.78, 5) is 15.2. The largest absolute Gasteiger partial charge is 0.333 e. The highest BCUT2D eigenvalue weighted by Gasteiger charge is 2.47. The molecule has 4 rings (SSSR count). The molecule has 2 unspecified atom stereocenters. The van der Waals surface area contributed by atoms with Gasteiger partial charge < -0.3 is 4.90 Å². The Morgan fingerprint density at radius 3 is 2.23 bits per heavy atom. The molecular weight excluding hydrogens is 370 g/mol. The van der Waals surface area contributed by atoms with Crippen molar-refractivity contribution in [2.45, 2.75) is 47.9 Å². The lowest BCUT2D eigenvalue weighted by atomic mass is 10.0. The average Bonchev–Trinajstić information content (AvgIpc) is 2.90. The monoisotopic (exact) mass is 389 g/mol. The first-order chi connectivity index (χ1) is 12.5. The maximum absolute atomic E-state index is 13.0. The van der Waals surface area contributed by atoms with Crippen LogP contribution in [0.3, 0.4) is 0 Å². The van der Waals surface area contributed by atoms with E-state index >= 15 is 0 Å². The summed E-state index contributed by atoms with van der Waals surface area (Å²) in [5.41, 5.74) is 0.568. The van der Waals surface area contributed by atoms with Crippen LogP contribution in [-0.2, 0) is 9.84 Å². The molecule has 0 aliphatic carbocycles. The highest BCUT2D eigenvalue weighted by Crippen LogP contribution is 2.40. The first-order valence-electron chi connectivity index (χ1n) is 8.84. The second-order valence-corrected chi connectivity index (χ2v) is 9.72. The number of hydrogen-bond donors (Lipinski definition) is 0. The number of nitrogens with zero attached hydrogens (tertiary/aromatic N) is 1. The highest BCUT2D eigenvalue weighted by atomic mass is 35.5. The van der Waals surface area contributed by atoms with Crippen molar-refractivity contribution in [1.29, 1.82) is 0 Å². The fraction of sp³-hybridized carbons (Fsp3) is 0.350. The van der Waals surface area contributed by atoms with Crippen molar-refractivity contribution in [3.05, 3.63) is 65.2 Å². The molecule has 2 aliphatic heterocycles. The van der Waals surface area contributed by atoms with E-state index in [0.29, 0.717) is 28.3 Å². The van der Waals surface area contributed by atoms with E-state index in [0.717, 1.165) is 12.8 Å². The van der Waals surface area contributed by atoms with E-state index in [-0.39, 0.29) is 18.0 Å². The van der Waals surface area contributed by atoms with Gasteiger partial charge in [-0.25, -0.2) is 8.42 Å². The van der Waals surface area contributed by atoms with Crippen LogP contribution in [0.15, 0.2) is 59.5 Å². The van der Waals surface area contributed by atoms with Gasteiger partial charge in [-0.1, -0.05) is 35.9 Å². The molecule has 4 nitrogen and oxygen atoms in total. The Bertz CT molecular complexity index is 915. The van der Waals surface area contributed by atoms with E-state index in [1.54, 1.807) is 48.5 Å². The molecule has 2 fully saturated rings. The van der Waals surface area contributed by atoms with Gasteiger partial charge in [0.2, 0.25) is 0 Å². The lowest BCUT2D eigenvalue weighted by molar-refractivity contribution is 0.0598. The number of rotatable bonds is 3. The molecular formula is C20H20ClNO3S. The standard InChI is InChI=1S/C20H20ClNO3S/c21-15-6-4-5-14(11-15)20(23)22-16-9-10-17(22)13-19(12-16)26(24,25)18-7-2-1-3-8-18/h1-8,11,16-17,19H,9-10,12-13H2. The van der Waals surface area contributed by atoms with Gasteiger partial charge in [-0.2, -0.15) is 0 Å². The summed E-state index contributed by atoms with van der Waals surface area (Å²) in [7, 11) is -3.37. The summed E-state index contributed by atoms with van der Waals surface area (Å²) in [6.45, 7) is 0. The van der Waals surface area contributed by atoms with Crippen molar-refractivity contribution >= 4 is 27.3 Å². The number of hydrogen-bond acceptors (Lipinski definition) is 3. The van der Waals surface area contributed by atoms with Crippen molar-refractivity contribution in [2.75, 3.05) is 0 Å². The van der Waals surface area contributed by atoms with E-state index in [1.165, 1.54) is 0 Å². The van der Waals surface area contributed by atoms with E-state index in [1.807, 2.05) is 11.0 Å². The summed E-state index contributed by atoms with van der Waals surface area (Å²) < 4.78 is 26.0. The molecule has 0 saturated carbocycles. The Morgan fingerprint density at radius 2 is 1.62 bits per heavy atom. The molecule has 2 aliphatic rings. The minimum absolute atomic E-state index is 0.0243. The molecule has 26 heavy (non-hydrogen) atoms. The van der Waals surface area contributed by atoms with E-state index in [9.17, 15) is 13.2 Å². The average molecular weight is 390 g/mol. The van der Waals surface area contributed by atoms with Crippen LogP contribution in [0.5, 0.6) is 0 Å². The first kappa shape index (κ1) is 17.6. The van der Waals surface area contributed by atoms with Crippen LogP contribution in [0.4, 0.5) is 0 Å². The van der Waals surface area contributed by atoms with Gasteiger partial charge >= 0.3 is 0 Å². The molecule has 0 radical (unpaired) electrons. The highest BCUT2D eigenvalue weighted by molar-refractivity contribution is 7.92. The normalized spacial score (nSPS) is 25.3. The zero-order valence-corrected chi connectivity index (χ0v) is 15.8. The minimum Gasteiger partial charge on any atom is -0.333 e. The quantitative estimate of drug-likeness (QED) is 0.798. The Balaban J connectivity index is 1.57. The molecule has 136 valence electrons. The predicted molar refractivity (Wildman–Crippen MR) is 101 cm³/mol. The lowest BCUT2D eigenvalue weighted by Gasteiger charge is -2.38. The number of piperidine rings is 1. The van der Waals surface area contributed by atoms with Crippen molar-refractivity contribution in [3.8, 4) is 0 Å². The van der Waals surface area contributed by atoms with Gasteiger partial charge in [0.1, 0.15) is 0 Å². The predicted octanol–water partition coefficient (Wildman–Crippen LogP) is 3.95. The zero-order chi connectivity index (χ0) is 18.3. The van der Waals surface area contributed by atoms with Crippen molar-refractivity contribution < 1.29 is 13.2 Å².